The quantitative estimate of drug-likeness (QED) is 0.171. The third-order valence-electron chi connectivity index (χ3n) is 9.13. The molecule has 1 saturated heterocycles. The zero-order valence-electron chi connectivity index (χ0n) is 28.3. The number of hydrogen-bond donors (Lipinski definition) is 1. The average Bonchev–Trinajstić information content (AvgIpc) is 3.10. The van der Waals surface area contributed by atoms with E-state index in [1.165, 1.54) is 4.90 Å². The number of likely N-dealkylation sites (tertiary alicyclic amines) is 1. The Hall–Kier alpha value is -4.28. The summed E-state index contributed by atoms with van der Waals surface area (Å²) in [6.07, 6.45) is 3.11. The molecule has 5 rings (SSSR count). The highest BCUT2D eigenvalue weighted by Crippen LogP contribution is 2.34. The molecular weight excluding hydrogens is 612 g/mol. The Morgan fingerprint density at radius 2 is 1.73 bits per heavy atom. The molecule has 0 radical (unpaired) electrons. The zero-order chi connectivity index (χ0) is 33.9. The first-order chi connectivity index (χ1) is 23.4. The second kappa shape index (κ2) is 17.2. The first kappa shape index (κ1) is 35.0. The number of amides is 2. The van der Waals surface area contributed by atoms with E-state index in [4.69, 9.17) is 23.7 Å². The lowest BCUT2D eigenvalue weighted by atomic mass is 9.87. The van der Waals surface area contributed by atoms with Crippen LogP contribution in [0.4, 0.5) is 10.5 Å². The van der Waals surface area contributed by atoms with Gasteiger partial charge in [0, 0.05) is 44.8 Å². The van der Waals surface area contributed by atoms with E-state index in [9.17, 15) is 14.7 Å². The Kier molecular flexibility index (Phi) is 12.6. The molecule has 3 aromatic carbocycles. The van der Waals surface area contributed by atoms with E-state index in [1.54, 1.807) is 14.2 Å². The van der Waals surface area contributed by atoms with Gasteiger partial charge in [0.05, 0.1) is 39.6 Å². The standard InChI is InChI=1S/C38H48N2O8/c1-27-8-6-9-34(45-3)37(27)47-23-5-4-22-46-31-15-12-29(13-16-31)32-18-20-39(38(42)43)25-35(32)48-26-28-10-11-30-14-17-36(41)40(33(30)24-28)19-7-21-44-2/h6,8-13,15-16,24,32,35H,4-5,7,14,17-23,25-26H2,1-3H3,(H,42,43). The van der Waals surface area contributed by atoms with Gasteiger partial charge < -0.3 is 38.6 Å². The largest absolute Gasteiger partial charge is 0.494 e. The summed E-state index contributed by atoms with van der Waals surface area (Å²) in [4.78, 5) is 27.9. The summed E-state index contributed by atoms with van der Waals surface area (Å²) in [5.41, 5.74) is 5.19. The number of rotatable bonds is 16. The van der Waals surface area contributed by atoms with Gasteiger partial charge in [-0.2, -0.15) is 0 Å². The molecule has 0 bridgehead atoms. The van der Waals surface area contributed by atoms with E-state index >= 15 is 0 Å². The summed E-state index contributed by atoms with van der Waals surface area (Å²) in [6, 6.07) is 20.1. The van der Waals surface area contributed by atoms with Gasteiger partial charge in [-0.05, 0) is 85.5 Å². The molecule has 0 spiro atoms. The average molecular weight is 661 g/mol. The van der Waals surface area contributed by atoms with E-state index in [1.807, 2.05) is 54.3 Å². The van der Waals surface area contributed by atoms with Gasteiger partial charge in [0.15, 0.2) is 11.5 Å². The molecule has 3 aromatic rings. The molecular formula is C38H48N2O8. The number of methoxy groups -OCH3 is 2. The number of carboxylic acid groups (broad SMARTS) is 1. The van der Waals surface area contributed by atoms with E-state index < -0.39 is 6.09 Å². The molecule has 2 aliphatic rings. The molecule has 2 amide bonds. The van der Waals surface area contributed by atoms with E-state index in [2.05, 4.69) is 18.2 Å². The van der Waals surface area contributed by atoms with E-state index in [-0.39, 0.29) is 17.9 Å². The number of nitrogens with zero attached hydrogens (tertiary/aromatic N) is 2. The number of para-hydroxylation sites is 1. The van der Waals surface area contributed by atoms with Crippen LogP contribution in [0.1, 0.15) is 60.3 Å². The lowest BCUT2D eigenvalue weighted by Gasteiger charge is -2.37. The van der Waals surface area contributed by atoms with Gasteiger partial charge in [-0.3, -0.25) is 4.79 Å². The van der Waals surface area contributed by atoms with Crippen molar-refractivity contribution in [2.45, 2.75) is 64.1 Å². The molecule has 258 valence electrons. The number of fused-ring (bicyclic) bond motifs is 1. The minimum atomic E-state index is -0.937. The fourth-order valence-corrected chi connectivity index (χ4v) is 6.48. The molecule has 2 heterocycles. The van der Waals surface area contributed by atoms with Crippen molar-refractivity contribution >= 4 is 17.7 Å². The van der Waals surface area contributed by atoms with Gasteiger partial charge in [-0.15, -0.1) is 0 Å². The summed E-state index contributed by atoms with van der Waals surface area (Å²) in [6.45, 7) is 5.44. The van der Waals surface area contributed by atoms with E-state index in [0.29, 0.717) is 58.9 Å². The molecule has 1 fully saturated rings. The van der Waals surface area contributed by atoms with Gasteiger partial charge in [0.1, 0.15) is 5.75 Å². The van der Waals surface area contributed by atoms with Crippen LogP contribution in [-0.4, -0.2) is 81.8 Å². The molecule has 0 saturated carbocycles. The van der Waals surface area contributed by atoms with Crippen LogP contribution in [0.2, 0.25) is 0 Å². The van der Waals surface area contributed by atoms with Crippen molar-refractivity contribution < 1.29 is 38.4 Å². The summed E-state index contributed by atoms with van der Waals surface area (Å²) in [7, 11) is 3.31. The SMILES string of the molecule is COCCCN1C(=O)CCc2ccc(COC3CN(C(=O)O)CCC3c3ccc(OCCCCOc4c(C)cccc4OC)cc3)cc21. The van der Waals surface area contributed by atoms with Crippen LogP contribution in [0.25, 0.3) is 0 Å². The van der Waals surface area contributed by atoms with Gasteiger partial charge in [0.2, 0.25) is 5.91 Å². The highest BCUT2D eigenvalue weighted by Gasteiger charge is 2.33. The van der Waals surface area contributed by atoms with Gasteiger partial charge in [-0.25, -0.2) is 4.79 Å². The second-order valence-electron chi connectivity index (χ2n) is 12.4. The normalized spacial score (nSPS) is 17.6. The topological polar surface area (TPSA) is 107 Å². The Bertz CT molecular complexity index is 1510. The molecule has 1 N–H and O–H groups in total. The number of benzene rings is 3. The summed E-state index contributed by atoms with van der Waals surface area (Å²) in [5, 5.41) is 9.73. The molecule has 10 heteroatoms. The third kappa shape index (κ3) is 8.99. The summed E-state index contributed by atoms with van der Waals surface area (Å²) in [5.74, 6) is 2.48. The summed E-state index contributed by atoms with van der Waals surface area (Å²) >= 11 is 0. The smallest absolute Gasteiger partial charge is 0.407 e. The van der Waals surface area contributed by atoms with Crippen molar-refractivity contribution in [3.05, 3.63) is 82.9 Å². The number of piperidine rings is 1. The van der Waals surface area contributed by atoms with Crippen LogP contribution >= 0.6 is 0 Å². The number of aryl methyl sites for hydroxylation is 2. The van der Waals surface area contributed by atoms with Gasteiger partial charge >= 0.3 is 6.09 Å². The molecule has 2 atom stereocenters. The maximum Gasteiger partial charge on any atom is 0.407 e. The Balaban J connectivity index is 1.16. The Morgan fingerprint density at radius 3 is 2.48 bits per heavy atom. The summed E-state index contributed by atoms with van der Waals surface area (Å²) < 4.78 is 29.1. The van der Waals surface area contributed by atoms with E-state index in [0.717, 1.165) is 70.9 Å². The number of carbonyl (C=O) groups is 2. The number of ether oxygens (including phenoxy) is 5. The minimum absolute atomic E-state index is 0.0370. The van der Waals surface area contributed by atoms with Crippen molar-refractivity contribution in [1.29, 1.82) is 0 Å². The highest BCUT2D eigenvalue weighted by atomic mass is 16.5. The maximum absolute atomic E-state index is 12.7. The third-order valence-corrected chi connectivity index (χ3v) is 9.13. The Morgan fingerprint density at radius 1 is 0.938 bits per heavy atom. The van der Waals surface area contributed by atoms with Gasteiger partial charge in [-0.1, -0.05) is 36.4 Å². The van der Waals surface area contributed by atoms with Crippen LogP contribution in [-0.2, 0) is 27.3 Å². The first-order valence-electron chi connectivity index (χ1n) is 16.9. The van der Waals surface area contributed by atoms with Crippen molar-refractivity contribution in [2.24, 2.45) is 0 Å². The lowest BCUT2D eigenvalue weighted by Crippen LogP contribution is -2.46. The molecule has 10 nitrogen and oxygen atoms in total. The molecule has 2 aliphatic heterocycles. The number of unbranched alkanes of at least 4 members (excludes halogenated alkanes) is 1. The fraction of sp³-hybridized carbons (Fsp3) is 0.474. The molecule has 0 aliphatic carbocycles. The van der Waals surface area contributed by atoms with Crippen molar-refractivity contribution in [3.8, 4) is 17.2 Å². The monoisotopic (exact) mass is 660 g/mol. The van der Waals surface area contributed by atoms with Crippen LogP contribution < -0.4 is 19.1 Å². The highest BCUT2D eigenvalue weighted by molar-refractivity contribution is 5.96. The lowest BCUT2D eigenvalue weighted by molar-refractivity contribution is -0.118. The number of anilines is 1. The second-order valence-corrected chi connectivity index (χ2v) is 12.4. The number of carbonyl (C=O) groups excluding carboxylic acids is 1. The molecule has 2 unspecified atom stereocenters. The van der Waals surface area contributed by atoms with Crippen molar-refractivity contribution in [3.63, 3.8) is 0 Å². The number of hydrogen-bond acceptors (Lipinski definition) is 7. The Labute approximate surface area is 283 Å². The minimum Gasteiger partial charge on any atom is -0.494 e. The van der Waals surface area contributed by atoms with Crippen LogP contribution in [0.5, 0.6) is 17.2 Å². The molecule has 0 aromatic heterocycles. The van der Waals surface area contributed by atoms with Crippen molar-refractivity contribution in [2.75, 3.05) is 58.6 Å². The predicted octanol–water partition coefficient (Wildman–Crippen LogP) is 6.61. The van der Waals surface area contributed by atoms with Gasteiger partial charge in [0.25, 0.3) is 0 Å². The zero-order valence-corrected chi connectivity index (χ0v) is 28.3. The van der Waals surface area contributed by atoms with Crippen LogP contribution in [0, 0.1) is 6.92 Å². The van der Waals surface area contributed by atoms with Crippen LogP contribution in [0.3, 0.4) is 0 Å². The maximum atomic E-state index is 12.7. The van der Waals surface area contributed by atoms with Crippen molar-refractivity contribution in [1.82, 2.24) is 4.90 Å². The fourth-order valence-electron chi connectivity index (χ4n) is 6.48. The first-order valence-corrected chi connectivity index (χ1v) is 16.9. The van der Waals surface area contributed by atoms with Crippen LogP contribution in [0.15, 0.2) is 60.7 Å². The predicted molar refractivity (Wildman–Crippen MR) is 184 cm³/mol. The molecule has 48 heavy (non-hydrogen) atoms.